The molecule has 4 aliphatic rings. The highest BCUT2D eigenvalue weighted by Crippen LogP contribution is 2.58. The van der Waals surface area contributed by atoms with Crippen LogP contribution in [-0.2, 0) is 23.2 Å². The summed E-state index contributed by atoms with van der Waals surface area (Å²) in [5, 5.41) is 0. The summed E-state index contributed by atoms with van der Waals surface area (Å²) in [6, 6.07) is 1.55. The van der Waals surface area contributed by atoms with E-state index in [1.807, 2.05) is 0 Å². The summed E-state index contributed by atoms with van der Waals surface area (Å²) >= 11 is 0. The lowest BCUT2D eigenvalue weighted by Crippen LogP contribution is -2.48. The molecule has 0 bridgehead atoms. The molecule has 5 atom stereocenters. The van der Waals surface area contributed by atoms with Gasteiger partial charge in [-0.05, 0) is 77.3 Å². The van der Waals surface area contributed by atoms with Gasteiger partial charge < -0.3 is 18.8 Å². The SMILES string of the molecule is CCOP(=O)(OCC)C1CC[C@H]2CC[C@@H](c3cc(F)c(F)cc3F)N2C1=O.O=C1CCC[C@H]2CC[C@@H](c3cc(F)c(F)cc3F)N12. The highest BCUT2D eigenvalue weighted by atomic mass is 31.2. The van der Waals surface area contributed by atoms with Crippen molar-refractivity contribution in [1.29, 1.82) is 0 Å². The number of rotatable bonds is 7. The summed E-state index contributed by atoms with van der Waals surface area (Å²) in [5.74, 6) is -6.82. The van der Waals surface area contributed by atoms with Gasteiger partial charge in [-0.15, -0.1) is 0 Å². The van der Waals surface area contributed by atoms with Crippen LogP contribution in [0, 0.1) is 34.9 Å². The summed E-state index contributed by atoms with van der Waals surface area (Å²) in [7, 11) is -3.67. The number of carbonyl (C=O) groups is 2. The monoisotopic (exact) mass is 674 g/mol. The number of amides is 2. The first kappa shape index (κ1) is 34.4. The summed E-state index contributed by atoms with van der Waals surface area (Å²) in [6.45, 7) is 3.59. The van der Waals surface area contributed by atoms with Crippen molar-refractivity contribution < 1.29 is 49.5 Å². The molecule has 4 heterocycles. The maximum Gasteiger partial charge on any atom is 0.343 e. The number of fused-ring (bicyclic) bond motifs is 2. The van der Waals surface area contributed by atoms with Crippen LogP contribution in [0.1, 0.15) is 94.8 Å². The molecule has 2 aromatic carbocycles. The predicted octanol–water partition coefficient (Wildman–Crippen LogP) is 7.88. The fourth-order valence-corrected chi connectivity index (χ4v) is 9.40. The van der Waals surface area contributed by atoms with Gasteiger partial charge in [0, 0.05) is 41.8 Å². The first-order chi connectivity index (χ1) is 21.9. The van der Waals surface area contributed by atoms with Gasteiger partial charge in [0.15, 0.2) is 23.3 Å². The van der Waals surface area contributed by atoms with Gasteiger partial charge in [-0.3, -0.25) is 14.2 Å². The van der Waals surface area contributed by atoms with Crippen LogP contribution in [0.25, 0.3) is 0 Å². The van der Waals surface area contributed by atoms with Crippen LogP contribution in [0.5, 0.6) is 0 Å². The Morgan fingerprint density at radius 3 is 1.63 bits per heavy atom. The summed E-state index contributed by atoms with van der Waals surface area (Å²) < 4.78 is 105. The molecule has 0 aromatic heterocycles. The number of nitrogens with zero attached hydrogens (tertiary/aromatic N) is 2. The molecule has 2 aromatic rings. The standard InChI is InChI=1S/C18H23F3NO4P.C14H14F3NO/c1-3-25-27(24,26-4-2)17-8-6-11-5-7-16(22(11)18(17)23)12-9-14(20)15(21)10-13(12)19;15-10-7-12(17)11(16)6-9(10)13-5-4-8-2-1-3-14(19)18(8)13/h9-11,16-17H,3-8H2,1-2H3;6-8,13H,1-5H2/t11-,16+,17?;8-,13-/m10/s1. The van der Waals surface area contributed by atoms with E-state index in [0.717, 1.165) is 31.4 Å². The first-order valence-electron chi connectivity index (χ1n) is 15.7. The predicted molar refractivity (Wildman–Crippen MR) is 156 cm³/mol. The normalized spacial score (nSPS) is 26.1. The molecule has 1 unspecified atom stereocenters. The van der Waals surface area contributed by atoms with E-state index in [1.54, 1.807) is 18.7 Å². The molecule has 0 aliphatic carbocycles. The summed E-state index contributed by atoms with van der Waals surface area (Å²) in [6.07, 6.45) is 5.60. The molecule has 0 spiro atoms. The largest absolute Gasteiger partial charge is 0.343 e. The van der Waals surface area contributed by atoms with Gasteiger partial charge in [0.2, 0.25) is 11.8 Å². The van der Waals surface area contributed by atoms with Gasteiger partial charge in [0.1, 0.15) is 17.3 Å². The lowest BCUT2D eigenvalue weighted by molar-refractivity contribution is -0.137. The Labute approximate surface area is 263 Å². The third-order valence-corrected chi connectivity index (χ3v) is 11.8. The average molecular weight is 675 g/mol. The van der Waals surface area contributed by atoms with Crippen molar-refractivity contribution >= 4 is 19.4 Å². The van der Waals surface area contributed by atoms with Crippen LogP contribution in [0.3, 0.4) is 0 Å². The smallest absolute Gasteiger partial charge is 0.333 e. The first-order valence-corrected chi connectivity index (χ1v) is 17.3. The van der Waals surface area contributed by atoms with Crippen LogP contribution >= 0.6 is 7.60 Å². The Morgan fingerprint density at radius 2 is 1.11 bits per heavy atom. The minimum atomic E-state index is -3.67. The van der Waals surface area contributed by atoms with Gasteiger partial charge in [-0.2, -0.15) is 0 Å². The fraction of sp³-hybridized carbons (Fsp3) is 0.562. The molecule has 4 saturated heterocycles. The molecule has 0 saturated carbocycles. The second-order valence-corrected chi connectivity index (χ2v) is 14.2. The molecule has 252 valence electrons. The number of halogens is 6. The van der Waals surface area contributed by atoms with Crippen molar-refractivity contribution in [2.24, 2.45) is 0 Å². The quantitative estimate of drug-likeness (QED) is 0.170. The minimum Gasteiger partial charge on any atom is -0.333 e. The fourth-order valence-electron chi connectivity index (χ4n) is 7.38. The van der Waals surface area contributed by atoms with Crippen molar-refractivity contribution in [2.75, 3.05) is 13.2 Å². The summed E-state index contributed by atoms with van der Waals surface area (Å²) in [5.41, 5.74) is -0.938. The second kappa shape index (κ2) is 14.1. The highest BCUT2D eigenvalue weighted by molar-refractivity contribution is 7.55. The lowest BCUT2D eigenvalue weighted by atomic mass is 10.0. The topological polar surface area (TPSA) is 76.1 Å². The van der Waals surface area contributed by atoms with Crippen molar-refractivity contribution in [2.45, 2.75) is 101 Å². The zero-order valence-corrected chi connectivity index (χ0v) is 26.5. The van der Waals surface area contributed by atoms with Gasteiger partial charge >= 0.3 is 7.60 Å². The molecular formula is C32H37F6N2O5P. The van der Waals surface area contributed by atoms with Gasteiger partial charge in [0.25, 0.3) is 0 Å². The second-order valence-electron chi connectivity index (χ2n) is 12.0. The van der Waals surface area contributed by atoms with E-state index in [9.17, 15) is 40.5 Å². The van der Waals surface area contributed by atoms with E-state index >= 15 is 0 Å². The summed E-state index contributed by atoms with van der Waals surface area (Å²) in [4.78, 5) is 28.2. The number of hydrogen-bond donors (Lipinski definition) is 0. The molecule has 6 rings (SSSR count). The van der Waals surface area contributed by atoms with Gasteiger partial charge in [0.05, 0.1) is 25.3 Å². The van der Waals surface area contributed by atoms with E-state index in [2.05, 4.69) is 0 Å². The molecule has 0 radical (unpaired) electrons. The zero-order valence-electron chi connectivity index (χ0n) is 25.6. The number of piperidine rings is 2. The van der Waals surface area contributed by atoms with Crippen LogP contribution in [0.4, 0.5) is 26.3 Å². The molecule has 2 amide bonds. The minimum absolute atomic E-state index is 0.0112. The van der Waals surface area contributed by atoms with Crippen LogP contribution < -0.4 is 0 Å². The Hall–Kier alpha value is -2.89. The van der Waals surface area contributed by atoms with E-state index in [4.69, 9.17) is 9.05 Å². The molecule has 14 heteroatoms. The Kier molecular flexibility index (Phi) is 10.5. The lowest BCUT2D eigenvalue weighted by Gasteiger charge is -2.40. The number of hydrogen-bond acceptors (Lipinski definition) is 5. The molecule has 4 aliphatic heterocycles. The Bertz CT molecular complexity index is 1520. The molecule has 7 nitrogen and oxygen atoms in total. The van der Waals surface area contributed by atoms with Crippen LogP contribution in [0.15, 0.2) is 24.3 Å². The van der Waals surface area contributed by atoms with Crippen molar-refractivity contribution in [1.82, 2.24) is 9.80 Å². The highest BCUT2D eigenvalue weighted by Gasteiger charge is 2.52. The van der Waals surface area contributed by atoms with Crippen molar-refractivity contribution in [3.8, 4) is 0 Å². The van der Waals surface area contributed by atoms with Crippen molar-refractivity contribution in [3.63, 3.8) is 0 Å². The van der Waals surface area contributed by atoms with Crippen LogP contribution in [-0.4, -0.2) is 52.6 Å². The van der Waals surface area contributed by atoms with Gasteiger partial charge in [-0.25, -0.2) is 26.3 Å². The molecule has 0 N–H and O–H groups in total. The maximum atomic E-state index is 14.3. The van der Waals surface area contributed by atoms with Crippen LogP contribution in [0.2, 0.25) is 0 Å². The van der Waals surface area contributed by atoms with E-state index in [1.165, 1.54) is 4.90 Å². The number of carbonyl (C=O) groups excluding carboxylic acids is 2. The molecule has 46 heavy (non-hydrogen) atoms. The van der Waals surface area contributed by atoms with E-state index in [0.29, 0.717) is 50.7 Å². The maximum absolute atomic E-state index is 14.3. The Balaban J connectivity index is 0.000000192. The third-order valence-electron chi connectivity index (χ3n) is 9.33. The Morgan fingerprint density at radius 1 is 0.652 bits per heavy atom. The molecule has 4 fully saturated rings. The third kappa shape index (κ3) is 6.60. The number of benzene rings is 2. The van der Waals surface area contributed by atoms with E-state index in [-0.39, 0.29) is 42.3 Å². The van der Waals surface area contributed by atoms with Gasteiger partial charge in [-0.1, -0.05) is 0 Å². The average Bonchev–Trinajstić information content (AvgIpc) is 3.64. The zero-order chi connectivity index (χ0) is 33.3. The molecular weight excluding hydrogens is 637 g/mol. The van der Waals surface area contributed by atoms with E-state index < -0.39 is 66.1 Å². The van der Waals surface area contributed by atoms with Crippen molar-refractivity contribution in [3.05, 3.63) is 70.3 Å².